The van der Waals surface area contributed by atoms with E-state index in [-0.39, 0.29) is 0 Å². The Morgan fingerprint density at radius 1 is 1.24 bits per heavy atom. The zero-order valence-electron chi connectivity index (χ0n) is 12.6. The summed E-state index contributed by atoms with van der Waals surface area (Å²) in [6.07, 6.45) is 0. The second-order valence-electron chi connectivity index (χ2n) is 4.95. The van der Waals surface area contributed by atoms with Crippen LogP contribution in [0.5, 0.6) is 0 Å². The van der Waals surface area contributed by atoms with Crippen LogP contribution in [0.2, 0.25) is 5.15 Å². The second-order valence-corrected chi connectivity index (χ2v) is 5.33. The molecule has 0 aliphatic rings. The molecule has 0 bridgehead atoms. The van der Waals surface area contributed by atoms with Gasteiger partial charge in [-0.05, 0) is 24.6 Å². The summed E-state index contributed by atoms with van der Waals surface area (Å²) < 4.78 is 5.04. The van der Waals surface area contributed by atoms with E-state index in [9.17, 15) is 0 Å². The number of hydrogen-bond donors (Lipinski definition) is 1. The smallest absolute Gasteiger partial charge is 0.158 e. The highest BCUT2D eigenvalue weighted by atomic mass is 35.5. The number of benzene rings is 1. The minimum absolute atomic E-state index is 0.325. The molecule has 0 amide bonds. The Kier molecular flexibility index (Phi) is 4.98. The third-order valence-electron chi connectivity index (χ3n) is 2.98. The topological polar surface area (TPSA) is 50.3 Å². The molecule has 0 saturated carbocycles. The van der Waals surface area contributed by atoms with Crippen molar-refractivity contribution >= 4 is 28.8 Å². The Labute approximate surface area is 129 Å². The van der Waals surface area contributed by atoms with Crippen LogP contribution in [-0.4, -0.2) is 31.2 Å². The molecule has 0 atom stereocenters. The third kappa shape index (κ3) is 4.06. The van der Waals surface area contributed by atoms with Crippen LogP contribution in [0.3, 0.4) is 0 Å². The van der Waals surface area contributed by atoms with E-state index in [0.717, 1.165) is 11.4 Å². The van der Waals surface area contributed by atoms with Crippen LogP contribution in [0, 0.1) is 6.92 Å². The molecular formula is C15H19ClN4O. The molecule has 0 unspecified atom stereocenters. The molecule has 112 valence electrons. The van der Waals surface area contributed by atoms with Gasteiger partial charge >= 0.3 is 0 Å². The normalized spacial score (nSPS) is 10.5. The van der Waals surface area contributed by atoms with Crippen LogP contribution in [0.1, 0.15) is 11.4 Å². The lowest BCUT2D eigenvalue weighted by Gasteiger charge is -2.17. The summed E-state index contributed by atoms with van der Waals surface area (Å²) in [7, 11) is 5.63. The van der Waals surface area contributed by atoms with E-state index in [1.165, 1.54) is 5.56 Å². The van der Waals surface area contributed by atoms with Gasteiger partial charge in [-0.25, -0.2) is 9.97 Å². The quantitative estimate of drug-likeness (QED) is 0.858. The fraction of sp³-hybridized carbons (Fsp3) is 0.333. The lowest BCUT2D eigenvalue weighted by atomic mass is 10.1. The molecule has 0 aliphatic heterocycles. The van der Waals surface area contributed by atoms with Gasteiger partial charge in [0.05, 0.1) is 0 Å². The van der Waals surface area contributed by atoms with Crippen LogP contribution in [-0.2, 0) is 11.3 Å². The highest BCUT2D eigenvalue weighted by Crippen LogP contribution is 2.25. The van der Waals surface area contributed by atoms with Crippen molar-refractivity contribution in [3.63, 3.8) is 0 Å². The number of anilines is 3. The molecule has 2 rings (SSSR count). The van der Waals surface area contributed by atoms with Gasteiger partial charge in [-0.3, -0.25) is 0 Å². The van der Waals surface area contributed by atoms with Crippen molar-refractivity contribution in [3.05, 3.63) is 40.8 Å². The molecule has 6 heteroatoms. The van der Waals surface area contributed by atoms with Gasteiger partial charge in [0.2, 0.25) is 0 Å². The van der Waals surface area contributed by atoms with Crippen molar-refractivity contribution in [2.75, 3.05) is 31.4 Å². The maximum absolute atomic E-state index is 6.00. The lowest BCUT2D eigenvalue weighted by molar-refractivity contribution is 0.178. The molecule has 0 saturated heterocycles. The summed E-state index contributed by atoms with van der Waals surface area (Å²) in [4.78, 5) is 10.5. The molecule has 1 aromatic heterocycles. The van der Waals surface area contributed by atoms with Crippen LogP contribution in [0.15, 0.2) is 24.3 Å². The van der Waals surface area contributed by atoms with Gasteiger partial charge < -0.3 is 15.0 Å². The summed E-state index contributed by atoms with van der Waals surface area (Å²) in [6.45, 7) is 2.41. The first kappa shape index (κ1) is 15.5. The SMILES string of the molecule is COCc1nc(Cl)cc(Nc2ccc(C)c(N(C)C)c2)n1. The number of rotatable bonds is 5. The minimum Gasteiger partial charge on any atom is -0.377 e. The molecule has 0 spiro atoms. The van der Waals surface area contributed by atoms with Crippen LogP contribution in [0.4, 0.5) is 17.2 Å². The molecule has 21 heavy (non-hydrogen) atoms. The fourth-order valence-corrected chi connectivity index (χ4v) is 2.24. The van der Waals surface area contributed by atoms with Gasteiger partial charge in [-0.1, -0.05) is 17.7 Å². The lowest BCUT2D eigenvalue weighted by Crippen LogP contribution is -2.10. The Balaban J connectivity index is 2.27. The summed E-state index contributed by atoms with van der Waals surface area (Å²) in [6, 6.07) is 7.84. The fourth-order valence-electron chi connectivity index (χ4n) is 2.04. The van der Waals surface area contributed by atoms with Crippen molar-refractivity contribution in [3.8, 4) is 0 Å². The van der Waals surface area contributed by atoms with E-state index < -0.39 is 0 Å². The Morgan fingerprint density at radius 2 is 2.00 bits per heavy atom. The first-order valence-electron chi connectivity index (χ1n) is 6.57. The molecule has 1 aromatic carbocycles. The van der Waals surface area contributed by atoms with E-state index in [0.29, 0.717) is 23.4 Å². The number of methoxy groups -OCH3 is 1. The van der Waals surface area contributed by atoms with E-state index in [1.807, 2.05) is 20.2 Å². The molecule has 1 heterocycles. The molecule has 0 fully saturated rings. The average Bonchev–Trinajstić information content (AvgIpc) is 2.40. The van der Waals surface area contributed by atoms with Gasteiger partial charge in [0.15, 0.2) is 5.82 Å². The number of halogens is 1. The highest BCUT2D eigenvalue weighted by Gasteiger charge is 2.06. The molecule has 2 aromatic rings. The predicted octanol–water partition coefficient (Wildman–Crippen LogP) is 3.39. The van der Waals surface area contributed by atoms with Crippen molar-refractivity contribution in [1.82, 2.24) is 9.97 Å². The molecule has 5 nitrogen and oxygen atoms in total. The number of nitrogens with one attached hydrogen (secondary N) is 1. The van der Waals surface area contributed by atoms with Gasteiger partial charge in [-0.15, -0.1) is 0 Å². The van der Waals surface area contributed by atoms with E-state index in [4.69, 9.17) is 16.3 Å². The summed E-state index contributed by atoms with van der Waals surface area (Å²) in [5.41, 5.74) is 3.31. The Morgan fingerprint density at radius 3 is 2.67 bits per heavy atom. The first-order valence-corrected chi connectivity index (χ1v) is 6.95. The van der Waals surface area contributed by atoms with Crippen LogP contribution < -0.4 is 10.2 Å². The monoisotopic (exact) mass is 306 g/mol. The number of hydrogen-bond acceptors (Lipinski definition) is 5. The maximum atomic E-state index is 6.00. The van der Waals surface area contributed by atoms with Gasteiger partial charge in [0.25, 0.3) is 0 Å². The number of nitrogens with zero attached hydrogens (tertiary/aromatic N) is 3. The standard InChI is InChI=1S/C15H19ClN4O/c1-10-5-6-11(7-12(10)20(2)3)17-14-8-13(16)18-15(19-14)9-21-4/h5-8H,9H2,1-4H3,(H,17,18,19). The summed E-state index contributed by atoms with van der Waals surface area (Å²) in [5, 5.41) is 3.64. The maximum Gasteiger partial charge on any atom is 0.158 e. The van der Waals surface area contributed by atoms with Crippen molar-refractivity contribution in [2.24, 2.45) is 0 Å². The molecule has 1 N–H and O–H groups in total. The van der Waals surface area contributed by atoms with Gasteiger partial charge in [-0.2, -0.15) is 0 Å². The zero-order chi connectivity index (χ0) is 15.4. The predicted molar refractivity (Wildman–Crippen MR) is 86.5 cm³/mol. The first-order chi connectivity index (χ1) is 9.99. The third-order valence-corrected chi connectivity index (χ3v) is 3.17. The summed E-state index contributed by atoms with van der Waals surface area (Å²) >= 11 is 6.00. The van der Waals surface area contributed by atoms with Gasteiger partial charge in [0, 0.05) is 38.6 Å². The zero-order valence-corrected chi connectivity index (χ0v) is 13.4. The molecule has 0 radical (unpaired) electrons. The van der Waals surface area contributed by atoms with Crippen molar-refractivity contribution < 1.29 is 4.74 Å². The second kappa shape index (κ2) is 6.74. The Bertz CT molecular complexity index is 631. The average molecular weight is 307 g/mol. The molecule has 0 aliphatic carbocycles. The number of aryl methyl sites for hydroxylation is 1. The highest BCUT2D eigenvalue weighted by molar-refractivity contribution is 6.29. The number of ether oxygens (including phenoxy) is 1. The minimum atomic E-state index is 0.325. The summed E-state index contributed by atoms with van der Waals surface area (Å²) in [5.74, 6) is 1.20. The largest absolute Gasteiger partial charge is 0.377 e. The van der Waals surface area contributed by atoms with E-state index >= 15 is 0 Å². The van der Waals surface area contributed by atoms with Crippen molar-refractivity contribution in [2.45, 2.75) is 13.5 Å². The number of aromatic nitrogens is 2. The van der Waals surface area contributed by atoms with Gasteiger partial charge in [0.1, 0.15) is 17.6 Å². The van der Waals surface area contributed by atoms with E-state index in [1.54, 1.807) is 13.2 Å². The van der Waals surface area contributed by atoms with Crippen LogP contribution in [0.25, 0.3) is 0 Å². The van der Waals surface area contributed by atoms with E-state index in [2.05, 4.69) is 39.2 Å². The molecular weight excluding hydrogens is 288 g/mol. The van der Waals surface area contributed by atoms with Crippen molar-refractivity contribution in [1.29, 1.82) is 0 Å². The van der Waals surface area contributed by atoms with Crippen LogP contribution >= 0.6 is 11.6 Å². The Hall–Kier alpha value is -1.85.